The highest BCUT2D eigenvalue weighted by atomic mass is 16.3. The fourth-order valence-electron chi connectivity index (χ4n) is 2.68. The van der Waals surface area contributed by atoms with Crippen molar-refractivity contribution in [3.8, 4) is 5.75 Å². The van der Waals surface area contributed by atoms with Gasteiger partial charge in [0.2, 0.25) is 5.91 Å². The summed E-state index contributed by atoms with van der Waals surface area (Å²) < 4.78 is 0. The zero-order valence-electron chi connectivity index (χ0n) is 15.2. The number of hydrogen-bond donors (Lipinski definition) is 2. The number of carbonyl (C=O) groups excluding carboxylic acids is 1. The average Bonchev–Trinajstić information content (AvgIpc) is 2.50. The lowest BCUT2D eigenvalue weighted by Gasteiger charge is -2.19. The number of rotatable bonds is 4. The van der Waals surface area contributed by atoms with E-state index in [1.54, 1.807) is 12.1 Å². The number of aryl methyl sites for hydroxylation is 3. The first-order valence-corrected chi connectivity index (χ1v) is 8.36. The first-order chi connectivity index (χ1) is 11.2. The number of nitrogens with one attached hydrogen (secondary N) is 1. The number of amides is 1. The van der Waals surface area contributed by atoms with Gasteiger partial charge < -0.3 is 10.4 Å². The average molecular weight is 325 g/mol. The minimum atomic E-state index is -0.0145. The number of hydrogen-bond acceptors (Lipinski definition) is 2. The van der Waals surface area contributed by atoms with Crippen molar-refractivity contribution < 1.29 is 9.90 Å². The molecule has 0 bridgehead atoms. The number of benzene rings is 2. The van der Waals surface area contributed by atoms with E-state index < -0.39 is 0 Å². The molecule has 0 aromatic heterocycles. The van der Waals surface area contributed by atoms with Crippen molar-refractivity contribution in [2.24, 2.45) is 0 Å². The summed E-state index contributed by atoms with van der Waals surface area (Å²) in [5, 5.41) is 12.7. The summed E-state index contributed by atoms with van der Waals surface area (Å²) >= 11 is 0. The van der Waals surface area contributed by atoms with Gasteiger partial charge in [-0.05, 0) is 60.1 Å². The van der Waals surface area contributed by atoms with Crippen molar-refractivity contribution in [2.45, 2.75) is 52.9 Å². The van der Waals surface area contributed by atoms with Crippen molar-refractivity contribution in [2.75, 3.05) is 5.32 Å². The highest BCUT2D eigenvalue weighted by molar-refractivity contribution is 5.91. The summed E-state index contributed by atoms with van der Waals surface area (Å²) in [6, 6.07) is 12.1. The van der Waals surface area contributed by atoms with Crippen LogP contribution in [0.2, 0.25) is 0 Å². The van der Waals surface area contributed by atoms with Crippen molar-refractivity contribution in [3.05, 3.63) is 58.7 Å². The Kier molecular flexibility index (Phi) is 5.33. The van der Waals surface area contributed by atoms with Gasteiger partial charge in [0.05, 0.1) is 0 Å². The van der Waals surface area contributed by atoms with Crippen LogP contribution in [-0.2, 0) is 16.6 Å². The molecule has 2 rings (SSSR count). The van der Waals surface area contributed by atoms with E-state index in [4.69, 9.17) is 0 Å². The Hall–Kier alpha value is -2.29. The molecule has 2 aromatic carbocycles. The molecule has 0 aliphatic rings. The highest BCUT2D eigenvalue weighted by Gasteiger charge is 2.13. The SMILES string of the molecule is Cc1cc(NC(=O)CCc2ccc(C(C)(C)C)cc2)cc(C)c1O. The highest BCUT2D eigenvalue weighted by Crippen LogP contribution is 2.26. The molecule has 0 heterocycles. The summed E-state index contributed by atoms with van der Waals surface area (Å²) in [5.74, 6) is 0.270. The minimum absolute atomic E-state index is 0.0145. The zero-order chi connectivity index (χ0) is 17.9. The Labute approximate surface area is 144 Å². The molecule has 1 amide bonds. The lowest BCUT2D eigenvalue weighted by atomic mass is 9.86. The molecule has 24 heavy (non-hydrogen) atoms. The van der Waals surface area contributed by atoms with Gasteiger partial charge in [-0.3, -0.25) is 4.79 Å². The predicted octanol–water partition coefficient (Wildman–Crippen LogP) is 4.88. The van der Waals surface area contributed by atoms with Crippen molar-refractivity contribution >= 4 is 11.6 Å². The number of anilines is 1. The maximum Gasteiger partial charge on any atom is 0.224 e. The molecule has 0 spiro atoms. The number of aromatic hydroxyl groups is 1. The van der Waals surface area contributed by atoms with Crippen LogP contribution in [0.5, 0.6) is 5.75 Å². The second-order valence-electron chi connectivity index (χ2n) is 7.45. The molecule has 0 radical (unpaired) electrons. The van der Waals surface area contributed by atoms with Crippen LogP contribution in [-0.4, -0.2) is 11.0 Å². The topological polar surface area (TPSA) is 49.3 Å². The third-order valence-electron chi connectivity index (χ3n) is 4.24. The van der Waals surface area contributed by atoms with Crippen LogP contribution in [0.3, 0.4) is 0 Å². The van der Waals surface area contributed by atoms with Crippen LogP contribution in [0.4, 0.5) is 5.69 Å². The number of carbonyl (C=O) groups is 1. The largest absolute Gasteiger partial charge is 0.507 e. The summed E-state index contributed by atoms with van der Waals surface area (Å²) in [6.07, 6.45) is 1.15. The van der Waals surface area contributed by atoms with Gasteiger partial charge in [0.1, 0.15) is 5.75 Å². The summed E-state index contributed by atoms with van der Waals surface area (Å²) in [6.45, 7) is 10.2. The molecule has 0 aliphatic heterocycles. The van der Waals surface area contributed by atoms with Gasteiger partial charge in [-0.15, -0.1) is 0 Å². The molecular weight excluding hydrogens is 298 g/mol. The molecular formula is C21H27NO2. The monoisotopic (exact) mass is 325 g/mol. The van der Waals surface area contributed by atoms with Gasteiger partial charge in [-0.25, -0.2) is 0 Å². The zero-order valence-corrected chi connectivity index (χ0v) is 15.2. The lowest BCUT2D eigenvalue weighted by Crippen LogP contribution is -2.13. The van der Waals surface area contributed by atoms with Crippen molar-refractivity contribution in [1.29, 1.82) is 0 Å². The third-order valence-corrected chi connectivity index (χ3v) is 4.24. The van der Waals surface area contributed by atoms with Gasteiger partial charge >= 0.3 is 0 Å². The summed E-state index contributed by atoms with van der Waals surface area (Å²) in [5.41, 5.74) is 4.87. The van der Waals surface area contributed by atoms with Gasteiger partial charge in [0, 0.05) is 12.1 Å². The van der Waals surface area contributed by atoms with Gasteiger partial charge in [0.25, 0.3) is 0 Å². The smallest absolute Gasteiger partial charge is 0.224 e. The Balaban J connectivity index is 1.94. The molecule has 0 atom stereocenters. The van der Waals surface area contributed by atoms with Crippen LogP contribution in [0.15, 0.2) is 36.4 Å². The fourth-order valence-corrected chi connectivity index (χ4v) is 2.68. The van der Waals surface area contributed by atoms with Gasteiger partial charge in [0.15, 0.2) is 0 Å². The summed E-state index contributed by atoms with van der Waals surface area (Å²) in [4.78, 5) is 12.1. The molecule has 2 N–H and O–H groups in total. The Morgan fingerprint density at radius 3 is 2.08 bits per heavy atom. The Bertz CT molecular complexity index is 701. The Morgan fingerprint density at radius 2 is 1.58 bits per heavy atom. The van der Waals surface area contributed by atoms with E-state index in [0.29, 0.717) is 12.8 Å². The molecule has 3 heteroatoms. The molecule has 0 fully saturated rings. The van der Waals surface area contributed by atoms with Crippen molar-refractivity contribution in [3.63, 3.8) is 0 Å². The van der Waals surface area contributed by atoms with E-state index >= 15 is 0 Å². The first kappa shape index (κ1) is 18.1. The summed E-state index contributed by atoms with van der Waals surface area (Å²) in [7, 11) is 0. The van der Waals surface area contributed by atoms with E-state index in [2.05, 4.69) is 50.4 Å². The first-order valence-electron chi connectivity index (χ1n) is 8.36. The van der Waals surface area contributed by atoms with Crippen LogP contribution < -0.4 is 5.32 Å². The third kappa shape index (κ3) is 4.60. The molecule has 0 aliphatic carbocycles. The van der Waals surface area contributed by atoms with E-state index in [0.717, 1.165) is 22.4 Å². The fraction of sp³-hybridized carbons (Fsp3) is 0.381. The second-order valence-corrected chi connectivity index (χ2v) is 7.45. The maximum atomic E-state index is 12.1. The maximum absolute atomic E-state index is 12.1. The van der Waals surface area contributed by atoms with Crippen LogP contribution >= 0.6 is 0 Å². The lowest BCUT2D eigenvalue weighted by molar-refractivity contribution is -0.116. The quantitative estimate of drug-likeness (QED) is 0.787. The van der Waals surface area contributed by atoms with Gasteiger partial charge in [-0.1, -0.05) is 45.0 Å². The van der Waals surface area contributed by atoms with Crippen molar-refractivity contribution in [1.82, 2.24) is 0 Å². The van der Waals surface area contributed by atoms with Gasteiger partial charge in [-0.2, -0.15) is 0 Å². The predicted molar refractivity (Wildman–Crippen MR) is 99.7 cm³/mol. The molecule has 2 aromatic rings. The number of phenolic OH excluding ortho intramolecular Hbond substituents is 1. The second kappa shape index (κ2) is 7.08. The van der Waals surface area contributed by atoms with E-state index in [1.165, 1.54) is 5.56 Å². The number of phenols is 1. The Morgan fingerprint density at radius 1 is 1.04 bits per heavy atom. The van der Waals surface area contributed by atoms with E-state index in [1.807, 2.05) is 13.8 Å². The molecule has 3 nitrogen and oxygen atoms in total. The molecule has 0 saturated heterocycles. The molecule has 0 unspecified atom stereocenters. The van der Waals surface area contributed by atoms with Crippen LogP contribution in [0, 0.1) is 13.8 Å². The minimum Gasteiger partial charge on any atom is -0.507 e. The van der Waals surface area contributed by atoms with Crippen LogP contribution in [0.1, 0.15) is 49.4 Å². The van der Waals surface area contributed by atoms with E-state index in [9.17, 15) is 9.90 Å². The van der Waals surface area contributed by atoms with Crippen LogP contribution in [0.25, 0.3) is 0 Å². The molecule has 0 saturated carbocycles. The standard InChI is InChI=1S/C21H27NO2/c1-14-12-18(13-15(2)20(14)24)22-19(23)11-8-16-6-9-17(10-7-16)21(3,4)5/h6-7,9-10,12-13,24H,8,11H2,1-5H3,(H,22,23). The normalized spacial score (nSPS) is 11.4. The van der Waals surface area contributed by atoms with E-state index in [-0.39, 0.29) is 17.1 Å². The molecule has 128 valence electrons.